The zero-order chi connectivity index (χ0) is 12.1. The molecule has 1 aromatic rings. The number of ether oxygens (including phenoxy) is 1. The highest BCUT2D eigenvalue weighted by atomic mass is 16.5. The van der Waals surface area contributed by atoms with E-state index in [0.717, 1.165) is 25.2 Å². The molecule has 0 bridgehead atoms. The molecule has 1 aliphatic carbocycles. The number of benzene rings is 1. The topological polar surface area (TPSA) is 33.0 Å². The SMILES string of the molecule is CC1CC=CCC1COc1cccc(C#N)c1. The number of nitriles is 1. The molecular formula is C15H17NO. The zero-order valence-corrected chi connectivity index (χ0v) is 10.1. The van der Waals surface area contributed by atoms with Gasteiger partial charge < -0.3 is 4.74 Å². The van der Waals surface area contributed by atoms with Crippen molar-refractivity contribution in [2.75, 3.05) is 6.61 Å². The molecule has 0 spiro atoms. The number of allylic oxidation sites excluding steroid dienone is 2. The summed E-state index contributed by atoms with van der Waals surface area (Å²) in [6.07, 6.45) is 6.72. The molecule has 0 radical (unpaired) electrons. The van der Waals surface area contributed by atoms with Crippen molar-refractivity contribution in [3.05, 3.63) is 42.0 Å². The largest absolute Gasteiger partial charge is 0.493 e. The van der Waals surface area contributed by atoms with E-state index in [1.807, 2.05) is 12.1 Å². The standard InChI is InChI=1S/C15H17NO/c1-12-5-2-3-7-14(12)11-17-15-8-4-6-13(9-15)10-16/h2-4,6,8-9,12,14H,5,7,11H2,1H3. The minimum atomic E-state index is 0.589. The molecule has 0 fully saturated rings. The second kappa shape index (κ2) is 5.54. The van der Waals surface area contributed by atoms with Crippen LogP contribution in [0.4, 0.5) is 0 Å². The molecule has 0 saturated heterocycles. The van der Waals surface area contributed by atoms with Crippen LogP contribution in [0.25, 0.3) is 0 Å². The van der Waals surface area contributed by atoms with Crippen LogP contribution in [0.15, 0.2) is 36.4 Å². The van der Waals surface area contributed by atoms with Gasteiger partial charge in [0.1, 0.15) is 5.75 Å². The summed E-state index contributed by atoms with van der Waals surface area (Å²) in [7, 11) is 0. The van der Waals surface area contributed by atoms with Gasteiger partial charge in [-0.25, -0.2) is 0 Å². The van der Waals surface area contributed by atoms with E-state index >= 15 is 0 Å². The Kier molecular flexibility index (Phi) is 3.82. The molecule has 2 atom stereocenters. The van der Waals surface area contributed by atoms with Crippen LogP contribution in [0.5, 0.6) is 5.75 Å². The summed E-state index contributed by atoms with van der Waals surface area (Å²) in [5, 5.41) is 8.81. The lowest BCUT2D eigenvalue weighted by Gasteiger charge is -2.25. The first-order valence-corrected chi connectivity index (χ1v) is 6.07. The van der Waals surface area contributed by atoms with E-state index in [4.69, 9.17) is 10.00 Å². The fourth-order valence-electron chi connectivity index (χ4n) is 2.10. The third-order valence-electron chi connectivity index (χ3n) is 3.35. The molecule has 2 heteroatoms. The summed E-state index contributed by atoms with van der Waals surface area (Å²) in [4.78, 5) is 0. The minimum Gasteiger partial charge on any atom is -0.493 e. The van der Waals surface area contributed by atoms with Crippen LogP contribution in [0.1, 0.15) is 25.3 Å². The molecule has 0 saturated carbocycles. The van der Waals surface area contributed by atoms with Crippen LogP contribution in [0.2, 0.25) is 0 Å². The van der Waals surface area contributed by atoms with Gasteiger partial charge in [0, 0.05) is 0 Å². The van der Waals surface area contributed by atoms with Gasteiger partial charge in [0.05, 0.1) is 18.2 Å². The van der Waals surface area contributed by atoms with Gasteiger partial charge in [-0.3, -0.25) is 0 Å². The molecule has 17 heavy (non-hydrogen) atoms. The van der Waals surface area contributed by atoms with Gasteiger partial charge in [0.2, 0.25) is 0 Å². The summed E-state index contributed by atoms with van der Waals surface area (Å²) in [6.45, 7) is 3.00. The quantitative estimate of drug-likeness (QED) is 0.740. The van der Waals surface area contributed by atoms with Gasteiger partial charge >= 0.3 is 0 Å². The van der Waals surface area contributed by atoms with Crippen LogP contribution in [0, 0.1) is 23.2 Å². The molecule has 1 aromatic carbocycles. The molecule has 0 amide bonds. The first-order valence-electron chi connectivity index (χ1n) is 6.07. The predicted molar refractivity (Wildman–Crippen MR) is 67.7 cm³/mol. The van der Waals surface area contributed by atoms with Crippen LogP contribution < -0.4 is 4.74 Å². The predicted octanol–water partition coefficient (Wildman–Crippen LogP) is 3.54. The highest BCUT2D eigenvalue weighted by Gasteiger charge is 2.18. The summed E-state index contributed by atoms with van der Waals surface area (Å²) in [5.74, 6) is 2.07. The average molecular weight is 227 g/mol. The van der Waals surface area contributed by atoms with Crippen molar-refractivity contribution in [2.45, 2.75) is 19.8 Å². The third kappa shape index (κ3) is 3.10. The summed E-state index contributed by atoms with van der Waals surface area (Å²) >= 11 is 0. The smallest absolute Gasteiger partial charge is 0.120 e. The van der Waals surface area contributed by atoms with Crippen molar-refractivity contribution in [1.29, 1.82) is 5.26 Å². The molecule has 0 aliphatic heterocycles. The van der Waals surface area contributed by atoms with E-state index in [-0.39, 0.29) is 0 Å². The van der Waals surface area contributed by atoms with E-state index < -0.39 is 0 Å². The van der Waals surface area contributed by atoms with Crippen molar-refractivity contribution in [3.8, 4) is 11.8 Å². The lowest BCUT2D eigenvalue weighted by atomic mass is 9.85. The fourth-order valence-corrected chi connectivity index (χ4v) is 2.10. The molecule has 0 heterocycles. The lowest BCUT2D eigenvalue weighted by molar-refractivity contribution is 0.198. The van der Waals surface area contributed by atoms with E-state index in [2.05, 4.69) is 25.1 Å². The van der Waals surface area contributed by atoms with Crippen LogP contribution in [0.3, 0.4) is 0 Å². The van der Waals surface area contributed by atoms with Crippen molar-refractivity contribution >= 4 is 0 Å². The second-order valence-corrected chi connectivity index (χ2v) is 4.63. The second-order valence-electron chi connectivity index (χ2n) is 4.63. The Balaban J connectivity index is 1.93. The number of hydrogen-bond acceptors (Lipinski definition) is 2. The van der Waals surface area contributed by atoms with Crippen molar-refractivity contribution < 1.29 is 4.74 Å². The molecular weight excluding hydrogens is 210 g/mol. The Hall–Kier alpha value is -1.75. The van der Waals surface area contributed by atoms with Crippen LogP contribution in [-0.4, -0.2) is 6.61 Å². The first kappa shape index (κ1) is 11.7. The van der Waals surface area contributed by atoms with Crippen LogP contribution >= 0.6 is 0 Å². The van der Waals surface area contributed by atoms with Gasteiger partial charge in [0.25, 0.3) is 0 Å². The monoisotopic (exact) mass is 227 g/mol. The van der Waals surface area contributed by atoms with E-state index in [1.165, 1.54) is 0 Å². The lowest BCUT2D eigenvalue weighted by Crippen LogP contribution is -2.21. The Bertz CT molecular complexity index is 444. The molecule has 1 aliphatic rings. The van der Waals surface area contributed by atoms with Gasteiger partial charge in [-0.05, 0) is 42.9 Å². The first-order chi connectivity index (χ1) is 8.29. The Morgan fingerprint density at radius 1 is 1.35 bits per heavy atom. The highest BCUT2D eigenvalue weighted by molar-refractivity contribution is 5.36. The van der Waals surface area contributed by atoms with E-state index in [9.17, 15) is 0 Å². The molecule has 2 rings (SSSR count). The maximum atomic E-state index is 8.81. The van der Waals surface area contributed by atoms with Gasteiger partial charge in [-0.1, -0.05) is 25.1 Å². The van der Waals surface area contributed by atoms with Gasteiger partial charge in [-0.15, -0.1) is 0 Å². The maximum Gasteiger partial charge on any atom is 0.120 e. The molecule has 0 N–H and O–H groups in total. The van der Waals surface area contributed by atoms with Crippen molar-refractivity contribution in [1.82, 2.24) is 0 Å². The normalized spacial score (nSPS) is 23.1. The average Bonchev–Trinajstić information content (AvgIpc) is 2.38. The summed E-state index contributed by atoms with van der Waals surface area (Å²) in [6, 6.07) is 9.47. The number of rotatable bonds is 3. The molecule has 0 aromatic heterocycles. The zero-order valence-electron chi connectivity index (χ0n) is 10.1. The van der Waals surface area contributed by atoms with Gasteiger partial charge in [-0.2, -0.15) is 5.26 Å². The maximum absolute atomic E-state index is 8.81. The number of nitrogens with zero attached hydrogens (tertiary/aromatic N) is 1. The molecule has 2 nitrogen and oxygen atoms in total. The Labute approximate surface area is 103 Å². The summed E-state index contributed by atoms with van der Waals surface area (Å²) in [5.41, 5.74) is 0.652. The van der Waals surface area contributed by atoms with E-state index in [1.54, 1.807) is 12.1 Å². The third-order valence-corrected chi connectivity index (χ3v) is 3.35. The molecule has 2 unspecified atom stereocenters. The van der Waals surface area contributed by atoms with Crippen molar-refractivity contribution in [2.24, 2.45) is 11.8 Å². The fraction of sp³-hybridized carbons (Fsp3) is 0.400. The minimum absolute atomic E-state index is 0.589. The van der Waals surface area contributed by atoms with Gasteiger partial charge in [0.15, 0.2) is 0 Å². The molecule has 88 valence electrons. The highest BCUT2D eigenvalue weighted by Crippen LogP contribution is 2.26. The van der Waals surface area contributed by atoms with Crippen molar-refractivity contribution in [3.63, 3.8) is 0 Å². The Morgan fingerprint density at radius 2 is 2.18 bits per heavy atom. The van der Waals surface area contributed by atoms with Crippen LogP contribution in [-0.2, 0) is 0 Å². The Morgan fingerprint density at radius 3 is 2.94 bits per heavy atom. The van der Waals surface area contributed by atoms with E-state index in [0.29, 0.717) is 17.4 Å². The summed E-state index contributed by atoms with van der Waals surface area (Å²) < 4.78 is 5.77. The number of hydrogen-bond donors (Lipinski definition) is 0.